The molecule has 0 saturated carbocycles. The van der Waals surface area contributed by atoms with Gasteiger partial charge in [0.1, 0.15) is 0 Å². The summed E-state index contributed by atoms with van der Waals surface area (Å²) < 4.78 is 2.04. The topological polar surface area (TPSA) is 59.6 Å². The number of hydrogen-bond donors (Lipinski definition) is 1. The Morgan fingerprint density at radius 2 is 2.00 bits per heavy atom. The number of pyridine rings is 2. The van der Waals surface area contributed by atoms with Gasteiger partial charge in [0.15, 0.2) is 0 Å². The number of quaternary nitrogens is 1. The van der Waals surface area contributed by atoms with E-state index in [1.165, 1.54) is 12.1 Å². The summed E-state index contributed by atoms with van der Waals surface area (Å²) in [5.74, 6) is 1.17. The third kappa shape index (κ3) is 3.39. The zero-order chi connectivity index (χ0) is 20.0. The number of fused-ring (bicyclic) bond motifs is 4. The molecule has 0 radical (unpaired) electrons. The molecule has 152 valence electrons. The minimum Gasteiger partial charge on any atom is -0.342 e. The first kappa shape index (κ1) is 18.6. The number of likely N-dealkylation sites (tertiary alicyclic amines) is 2. The summed E-state index contributed by atoms with van der Waals surface area (Å²) in [6.07, 6.45) is 7.04. The highest BCUT2D eigenvalue weighted by Gasteiger charge is 2.41. The number of nitrogens with zero attached hydrogens (tertiary/aromatic N) is 3. The van der Waals surface area contributed by atoms with Gasteiger partial charge in [-0.15, -0.1) is 0 Å². The Hall–Kier alpha value is -2.47. The number of amides is 1. The zero-order valence-electron chi connectivity index (χ0n) is 17.0. The van der Waals surface area contributed by atoms with Crippen LogP contribution in [0, 0.1) is 5.92 Å². The normalized spacial score (nSPS) is 26.8. The Labute approximate surface area is 171 Å². The van der Waals surface area contributed by atoms with Crippen LogP contribution in [0.15, 0.2) is 41.5 Å². The van der Waals surface area contributed by atoms with Crippen LogP contribution < -0.4 is 10.5 Å². The molecule has 2 aromatic rings. The smallest absolute Gasteiger partial charge is 0.250 e. The summed E-state index contributed by atoms with van der Waals surface area (Å²) >= 11 is 0. The maximum Gasteiger partial charge on any atom is 0.250 e. The van der Waals surface area contributed by atoms with Crippen molar-refractivity contribution in [2.24, 2.45) is 5.92 Å². The van der Waals surface area contributed by atoms with Crippen molar-refractivity contribution in [1.82, 2.24) is 14.5 Å². The first-order valence-electron chi connectivity index (χ1n) is 10.8. The van der Waals surface area contributed by atoms with Crippen LogP contribution in [0.1, 0.15) is 37.8 Å². The average molecular weight is 394 g/mol. The van der Waals surface area contributed by atoms with Crippen molar-refractivity contribution in [2.75, 3.05) is 26.2 Å². The Morgan fingerprint density at radius 1 is 1.17 bits per heavy atom. The van der Waals surface area contributed by atoms with Gasteiger partial charge in [-0.3, -0.25) is 14.6 Å². The van der Waals surface area contributed by atoms with Crippen LogP contribution in [0.5, 0.6) is 0 Å². The molecule has 5 rings (SSSR count). The number of piperidine rings is 2. The van der Waals surface area contributed by atoms with Gasteiger partial charge in [-0.25, -0.2) is 0 Å². The van der Waals surface area contributed by atoms with Crippen molar-refractivity contribution in [3.8, 4) is 11.1 Å². The largest absolute Gasteiger partial charge is 0.342 e. The van der Waals surface area contributed by atoms with E-state index < -0.39 is 0 Å². The molecule has 0 aliphatic carbocycles. The van der Waals surface area contributed by atoms with Crippen molar-refractivity contribution in [3.63, 3.8) is 0 Å². The summed E-state index contributed by atoms with van der Waals surface area (Å²) in [6, 6.07) is 8.38. The monoisotopic (exact) mass is 393 g/mol. The van der Waals surface area contributed by atoms with Gasteiger partial charge in [0.25, 0.3) is 5.56 Å². The van der Waals surface area contributed by atoms with Crippen LogP contribution in [0.25, 0.3) is 11.1 Å². The van der Waals surface area contributed by atoms with E-state index in [4.69, 9.17) is 0 Å². The van der Waals surface area contributed by atoms with Crippen LogP contribution in [-0.2, 0) is 11.3 Å². The van der Waals surface area contributed by atoms with Gasteiger partial charge in [0, 0.05) is 86.5 Å². The quantitative estimate of drug-likeness (QED) is 0.826. The molecule has 0 aromatic carbocycles. The van der Waals surface area contributed by atoms with Gasteiger partial charge in [0.2, 0.25) is 5.91 Å². The van der Waals surface area contributed by atoms with E-state index in [2.05, 4.69) is 11.1 Å². The van der Waals surface area contributed by atoms with Gasteiger partial charge in [-0.2, -0.15) is 0 Å². The van der Waals surface area contributed by atoms with Gasteiger partial charge >= 0.3 is 0 Å². The fraction of sp³-hybridized carbons (Fsp3) is 0.522. The molecule has 3 aliphatic heterocycles. The lowest BCUT2D eigenvalue weighted by Crippen LogP contribution is -3.18. The number of carbonyl (C=O) groups is 1. The molecule has 2 bridgehead atoms. The molecule has 1 unspecified atom stereocenters. The second-order valence-corrected chi connectivity index (χ2v) is 8.97. The highest BCUT2D eigenvalue weighted by atomic mass is 16.2. The standard InChI is InChI=1S/C23H28N4O2/c1-16(28)25-9-6-20(7-10-25)26-13-17-11-19(15-26)23-21(18-3-2-8-24-12-18)4-5-22(29)27(23)14-17/h2-5,8,12,17,19-20H,6-7,9-11,13-15H2,1H3/p+1/t17-,19+/m0/s1. The van der Waals surface area contributed by atoms with Gasteiger partial charge in [-0.05, 0) is 18.6 Å². The Kier molecular flexibility index (Phi) is 4.74. The van der Waals surface area contributed by atoms with Crippen LogP contribution in [0.3, 0.4) is 0 Å². The Bertz CT molecular complexity index is 963. The van der Waals surface area contributed by atoms with Crippen LogP contribution in [0.2, 0.25) is 0 Å². The van der Waals surface area contributed by atoms with Crippen molar-refractivity contribution in [3.05, 3.63) is 52.7 Å². The zero-order valence-corrected chi connectivity index (χ0v) is 17.0. The summed E-state index contributed by atoms with van der Waals surface area (Å²) in [6.45, 7) is 6.50. The Morgan fingerprint density at radius 3 is 2.72 bits per heavy atom. The molecule has 3 aliphatic rings. The van der Waals surface area contributed by atoms with E-state index in [0.29, 0.717) is 17.9 Å². The summed E-state index contributed by atoms with van der Waals surface area (Å²) in [5, 5.41) is 0. The SMILES string of the molecule is CC(=O)N1CCC([NH+]2C[C@@H]3C[C@H](C2)c2c(-c4cccnc4)ccc(=O)n2C3)CC1. The lowest BCUT2D eigenvalue weighted by molar-refractivity contribution is -0.937. The van der Waals surface area contributed by atoms with E-state index in [-0.39, 0.29) is 11.5 Å². The fourth-order valence-corrected chi connectivity index (χ4v) is 5.87. The van der Waals surface area contributed by atoms with Crippen molar-refractivity contribution in [2.45, 2.75) is 44.7 Å². The lowest BCUT2D eigenvalue weighted by atomic mass is 9.79. The molecule has 2 saturated heterocycles. The van der Waals surface area contributed by atoms with Crippen LogP contribution >= 0.6 is 0 Å². The highest BCUT2D eigenvalue weighted by molar-refractivity contribution is 5.73. The van der Waals surface area contributed by atoms with E-state index in [9.17, 15) is 9.59 Å². The fourth-order valence-electron chi connectivity index (χ4n) is 5.87. The number of carbonyl (C=O) groups excluding carboxylic acids is 1. The summed E-state index contributed by atoms with van der Waals surface area (Å²) in [7, 11) is 0. The number of rotatable bonds is 2. The lowest BCUT2D eigenvalue weighted by Gasteiger charge is -2.45. The van der Waals surface area contributed by atoms with E-state index in [0.717, 1.165) is 56.7 Å². The van der Waals surface area contributed by atoms with E-state index in [1.54, 1.807) is 24.1 Å². The third-order valence-corrected chi connectivity index (χ3v) is 7.22. The maximum absolute atomic E-state index is 12.7. The second-order valence-electron chi connectivity index (χ2n) is 8.97. The molecule has 6 heteroatoms. The molecule has 5 heterocycles. The number of aromatic nitrogens is 2. The Balaban J connectivity index is 1.44. The van der Waals surface area contributed by atoms with E-state index in [1.807, 2.05) is 27.8 Å². The van der Waals surface area contributed by atoms with Gasteiger partial charge < -0.3 is 14.4 Å². The molecule has 6 nitrogen and oxygen atoms in total. The first-order valence-corrected chi connectivity index (χ1v) is 10.8. The molecule has 1 amide bonds. The molecule has 0 spiro atoms. The minimum atomic E-state index is 0.126. The number of nitrogens with one attached hydrogen (secondary N) is 1. The van der Waals surface area contributed by atoms with Crippen molar-refractivity contribution in [1.29, 1.82) is 0 Å². The second kappa shape index (κ2) is 7.41. The average Bonchev–Trinajstić information content (AvgIpc) is 2.75. The number of hydrogen-bond acceptors (Lipinski definition) is 3. The molecule has 29 heavy (non-hydrogen) atoms. The van der Waals surface area contributed by atoms with Gasteiger partial charge in [0.05, 0.1) is 19.1 Å². The highest BCUT2D eigenvalue weighted by Crippen LogP contribution is 2.36. The van der Waals surface area contributed by atoms with E-state index >= 15 is 0 Å². The van der Waals surface area contributed by atoms with Crippen LogP contribution in [0.4, 0.5) is 0 Å². The van der Waals surface area contributed by atoms with Crippen molar-refractivity contribution >= 4 is 5.91 Å². The summed E-state index contributed by atoms with van der Waals surface area (Å²) in [5.41, 5.74) is 3.59. The molecule has 1 N–H and O–H groups in total. The molecule has 3 atom stereocenters. The third-order valence-electron chi connectivity index (χ3n) is 7.22. The molecular weight excluding hydrogens is 364 g/mol. The van der Waals surface area contributed by atoms with Crippen molar-refractivity contribution < 1.29 is 9.69 Å². The molecule has 2 fully saturated rings. The minimum absolute atomic E-state index is 0.126. The predicted molar refractivity (Wildman–Crippen MR) is 111 cm³/mol. The molecule has 2 aromatic heterocycles. The maximum atomic E-state index is 12.7. The molecular formula is C23H29N4O2+. The predicted octanol–water partition coefficient (Wildman–Crippen LogP) is 0.923. The van der Waals surface area contributed by atoms with Gasteiger partial charge in [-0.1, -0.05) is 6.07 Å². The first-order chi connectivity index (χ1) is 14.1. The van der Waals surface area contributed by atoms with Crippen LogP contribution in [-0.4, -0.2) is 52.6 Å². The summed E-state index contributed by atoms with van der Waals surface area (Å²) in [4.78, 5) is 32.3.